The maximum absolute atomic E-state index is 12.4. The Hall–Kier alpha value is -3.89. The molecule has 2 aliphatic carbocycles. The summed E-state index contributed by atoms with van der Waals surface area (Å²) in [6, 6.07) is 0. The van der Waals surface area contributed by atoms with Gasteiger partial charge in [0.1, 0.15) is 12.2 Å². The summed E-state index contributed by atoms with van der Waals surface area (Å²) in [5, 5.41) is 29.7. The second-order valence-corrected chi connectivity index (χ2v) is 13.2. The number of rotatable bonds is 17. The molecule has 0 saturated heterocycles. The van der Waals surface area contributed by atoms with E-state index in [-0.39, 0.29) is 46.9 Å². The lowest BCUT2D eigenvalue weighted by Crippen LogP contribution is -2.40. The van der Waals surface area contributed by atoms with Crippen LogP contribution in [0.5, 0.6) is 0 Å². The lowest BCUT2D eigenvalue weighted by Gasteiger charge is -2.33. The second-order valence-electron chi connectivity index (χ2n) is 13.2. The van der Waals surface area contributed by atoms with Crippen molar-refractivity contribution in [1.29, 1.82) is 0 Å². The number of methoxy groups -OCH3 is 4. The Kier molecular flexibility index (Phi) is 19.5. The maximum atomic E-state index is 12.4. The summed E-state index contributed by atoms with van der Waals surface area (Å²) in [6.07, 6.45) is 12.4. The van der Waals surface area contributed by atoms with Gasteiger partial charge in [-0.1, -0.05) is 53.5 Å². The second kappa shape index (κ2) is 22.0. The van der Waals surface area contributed by atoms with Gasteiger partial charge in [0.05, 0.1) is 28.4 Å². The van der Waals surface area contributed by atoms with Gasteiger partial charge in [0.25, 0.3) is 0 Å². The smallest absolute Gasteiger partial charge is 0.303 e. The minimum Gasteiger partial charge on any atom is -0.494 e. The van der Waals surface area contributed by atoms with Gasteiger partial charge in [-0.25, -0.2) is 0 Å². The molecular formula is C40H60O10. The van der Waals surface area contributed by atoms with Crippen molar-refractivity contribution in [3.63, 3.8) is 0 Å². The normalized spacial score (nSPS) is 21.9. The number of ketones is 2. The number of carbonyl (C=O) groups is 3. The highest BCUT2D eigenvalue weighted by Gasteiger charge is 2.42. The fourth-order valence-corrected chi connectivity index (χ4v) is 5.82. The highest BCUT2D eigenvalue weighted by atomic mass is 16.5. The Labute approximate surface area is 298 Å². The standard InChI is InChI=1S/C24H36O4.C16H24O6/c1-16(2)10-8-11-17(3)12-9-13-18(4)14-15-20-19(5)21(25)23(27-6)24(28-7)22(20)26;1-9(6-8-12(17)18)5-7-11-10(2)13(19)15(21-3)16(22-4)14(11)20/h10,12,14,22,26H,8-9,11,13,15H2,1-7H3;5,10-11,14,20H,6-8H2,1-4H3,(H,17,18)/b17-12+,18-14+;9-5+. The van der Waals surface area contributed by atoms with Crippen LogP contribution in [0.15, 0.2) is 80.8 Å². The van der Waals surface area contributed by atoms with Crippen molar-refractivity contribution in [2.24, 2.45) is 11.8 Å². The molecule has 280 valence electrons. The molecule has 0 heterocycles. The predicted octanol–water partition coefficient (Wildman–Crippen LogP) is 7.45. The molecule has 0 fully saturated rings. The molecule has 0 aromatic rings. The van der Waals surface area contributed by atoms with E-state index in [0.717, 1.165) is 31.3 Å². The topological polar surface area (TPSA) is 149 Å². The summed E-state index contributed by atoms with van der Waals surface area (Å²) in [5.41, 5.74) is 6.16. The molecule has 10 heteroatoms. The SMILES string of the molecule is COC1=C(OC)C(O)C(C/C=C(\C)CC/C=C(\C)CCC=C(C)C)=C(C)C1=O.COC1=C(OC)C(O)C(C/C=C(\C)CCC(=O)O)C(C)C1=O. The van der Waals surface area contributed by atoms with E-state index in [0.29, 0.717) is 30.4 Å². The van der Waals surface area contributed by atoms with Gasteiger partial charge in [-0.05, 0) is 92.1 Å². The van der Waals surface area contributed by atoms with Crippen molar-refractivity contribution >= 4 is 17.5 Å². The quantitative estimate of drug-likeness (QED) is 0.131. The van der Waals surface area contributed by atoms with E-state index in [9.17, 15) is 24.6 Å². The van der Waals surface area contributed by atoms with Crippen molar-refractivity contribution in [3.8, 4) is 0 Å². The van der Waals surface area contributed by atoms with Gasteiger partial charge in [-0.2, -0.15) is 0 Å². The third kappa shape index (κ3) is 13.1. The van der Waals surface area contributed by atoms with Crippen molar-refractivity contribution in [1.82, 2.24) is 0 Å². The zero-order valence-electron chi connectivity index (χ0n) is 32.0. The van der Waals surface area contributed by atoms with E-state index < -0.39 is 24.1 Å². The predicted molar refractivity (Wildman–Crippen MR) is 195 cm³/mol. The summed E-state index contributed by atoms with van der Waals surface area (Å²) in [4.78, 5) is 35.3. The molecule has 0 saturated carbocycles. The van der Waals surface area contributed by atoms with E-state index in [1.54, 1.807) is 13.8 Å². The van der Waals surface area contributed by atoms with Crippen LogP contribution in [0.4, 0.5) is 0 Å². The maximum Gasteiger partial charge on any atom is 0.303 e. The summed E-state index contributed by atoms with van der Waals surface area (Å²) >= 11 is 0. The molecule has 2 aliphatic rings. The molecule has 0 aromatic carbocycles. The first-order valence-corrected chi connectivity index (χ1v) is 17.2. The average molecular weight is 701 g/mol. The summed E-state index contributed by atoms with van der Waals surface area (Å²) in [5.74, 6) is -1.46. The highest BCUT2D eigenvalue weighted by molar-refractivity contribution is 6.08. The molecule has 4 unspecified atom stereocenters. The summed E-state index contributed by atoms with van der Waals surface area (Å²) in [6.45, 7) is 13.9. The van der Waals surface area contributed by atoms with Crippen LogP contribution in [-0.4, -0.2) is 73.5 Å². The van der Waals surface area contributed by atoms with Crippen LogP contribution in [0.3, 0.4) is 0 Å². The van der Waals surface area contributed by atoms with E-state index in [1.165, 1.54) is 45.2 Å². The fourth-order valence-electron chi connectivity index (χ4n) is 5.82. The fraction of sp³-hybridized carbons (Fsp3) is 0.575. The average Bonchev–Trinajstić information content (AvgIpc) is 3.06. The molecule has 4 atom stereocenters. The molecule has 0 aliphatic heterocycles. The Morgan fingerprint density at radius 2 is 1.26 bits per heavy atom. The van der Waals surface area contributed by atoms with Gasteiger partial charge in [0.2, 0.25) is 23.1 Å². The first-order valence-electron chi connectivity index (χ1n) is 17.2. The molecule has 0 amide bonds. The first kappa shape index (κ1) is 44.1. The molecule has 10 nitrogen and oxygen atoms in total. The van der Waals surface area contributed by atoms with Crippen LogP contribution >= 0.6 is 0 Å². The van der Waals surface area contributed by atoms with Crippen LogP contribution in [0.1, 0.15) is 99.8 Å². The number of carbonyl (C=O) groups excluding carboxylic acids is 2. The van der Waals surface area contributed by atoms with Gasteiger partial charge < -0.3 is 34.3 Å². The number of hydrogen-bond acceptors (Lipinski definition) is 9. The van der Waals surface area contributed by atoms with Crippen LogP contribution < -0.4 is 0 Å². The zero-order valence-corrected chi connectivity index (χ0v) is 32.0. The molecule has 3 N–H and O–H groups in total. The van der Waals surface area contributed by atoms with Gasteiger partial charge in [0, 0.05) is 23.8 Å². The minimum absolute atomic E-state index is 0.0705. The number of ether oxygens (including phenoxy) is 4. The minimum atomic E-state index is -0.945. The molecule has 0 aromatic heterocycles. The monoisotopic (exact) mass is 700 g/mol. The molecule has 0 radical (unpaired) electrons. The van der Waals surface area contributed by atoms with Crippen molar-refractivity contribution in [3.05, 3.63) is 80.8 Å². The Morgan fingerprint density at radius 3 is 1.78 bits per heavy atom. The number of Topliss-reactive ketones (excluding diaryl/α,β-unsaturated/α-hetero) is 2. The van der Waals surface area contributed by atoms with Crippen molar-refractivity contribution in [2.75, 3.05) is 28.4 Å². The van der Waals surface area contributed by atoms with E-state index >= 15 is 0 Å². The van der Waals surface area contributed by atoms with Gasteiger partial charge in [-0.3, -0.25) is 14.4 Å². The molecular weight excluding hydrogens is 640 g/mol. The summed E-state index contributed by atoms with van der Waals surface area (Å²) in [7, 11) is 5.63. The molecule has 50 heavy (non-hydrogen) atoms. The lowest BCUT2D eigenvalue weighted by atomic mass is 9.77. The van der Waals surface area contributed by atoms with Gasteiger partial charge >= 0.3 is 5.97 Å². The lowest BCUT2D eigenvalue weighted by molar-refractivity contribution is -0.137. The summed E-state index contributed by atoms with van der Waals surface area (Å²) < 4.78 is 20.5. The van der Waals surface area contributed by atoms with Gasteiger partial charge in [-0.15, -0.1) is 0 Å². The number of allylic oxidation sites excluding steroid dienone is 10. The Bertz CT molecular complexity index is 1410. The van der Waals surface area contributed by atoms with Crippen LogP contribution in [0.2, 0.25) is 0 Å². The van der Waals surface area contributed by atoms with Crippen molar-refractivity contribution in [2.45, 2.75) is 112 Å². The number of carboxylic acids is 1. The number of carboxylic acid groups (broad SMARTS) is 1. The van der Waals surface area contributed by atoms with E-state index in [1.807, 2.05) is 13.0 Å². The molecule has 0 bridgehead atoms. The number of aliphatic hydroxyl groups excluding tert-OH is 2. The van der Waals surface area contributed by atoms with Crippen molar-refractivity contribution < 1.29 is 48.7 Å². The number of aliphatic hydroxyl groups is 2. The molecule has 0 spiro atoms. The number of aliphatic carboxylic acids is 1. The van der Waals surface area contributed by atoms with E-state index in [4.69, 9.17) is 24.1 Å². The third-order valence-corrected chi connectivity index (χ3v) is 9.12. The first-order chi connectivity index (χ1) is 23.5. The van der Waals surface area contributed by atoms with E-state index in [2.05, 4.69) is 45.9 Å². The molecule has 2 rings (SSSR count). The largest absolute Gasteiger partial charge is 0.494 e. The number of hydrogen-bond donors (Lipinski definition) is 3. The highest BCUT2D eigenvalue weighted by Crippen LogP contribution is 2.35. The van der Waals surface area contributed by atoms with Gasteiger partial charge in [0.15, 0.2) is 11.5 Å². The Morgan fingerprint density at radius 1 is 0.720 bits per heavy atom. The third-order valence-electron chi connectivity index (χ3n) is 9.12. The van der Waals surface area contributed by atoms with Crippen LogP contribution in [0.25, 0.3) is 0 Å². The Balaban J connectivity index is 0.000000515. The van der Waals surface area contributed by atoms with Crippen LogP contribution in [-0.2, 0) is 33.3 Å². The van der Waals surface area contributed by atoms with Crippen LogP contribution in [0, 0.1) is 11.8 Å². The zero-order chi connectivity index (χ0) is 38.1.